The number of aliphatic hydroxyl groups excluding tert-OH is 1. The monoisotopic (exact) mass is 284 g/mol. The average Bonchev–Trinajstić information content (AvgIpc) is 2.48. The van der Waals surface area contributed by atoms with E-state index < -0.39 is 6.10 Å². The summed E-state index contributed by atoms with van der Waals surface area (Å²) in [5, 5.41) is 18.9. The van der Waals surface area contributed by atoms with Gasteiger partial charge in [-0.05, 0) is 25.1 Å². The van der Waals surface area contributed by atoms with E-state index in [1.807, 2.05) is 11.9 Å². The Balaban J connectivity index is 2.36. The molecule has 0 radical (unpaired) electrons. The van der Waals surface area contributed by atoms with Crippen molar-refractivity contribution >= 4 is 5.69 Å². The molecule has 1 unspecified atom stereocenters. The van der Waals surface area contributed by atoms with Crippen LogP contribution in [-0.4, -0.2) is 12.2 Å². The molecule has 108 valence electrons. The van der Waals surface area contributed by atoms with Crippen molar-refractivity contribution in [2.45, 2.75) is 19.6 Å². The van der Waals surface area contributed by atoms with Crippen LogP contribution >= 0.6 is 0 Å². The zero-order chi connectivity index (χ0) is 15.4. The molecule has 1 atom stereocenters. The van der Waals surface area contributed by atoms with Gasteiger partial charge in [-0.2, -0.15) is 5.26 Å². The van der Waals surface area contributed by atoms with Crippen LogP contribution in [-0.2, 0) is 6.54 Å². The van der Waals surface area contributed by atoms with Crippen molar-refractivity contribution in [3.8, 4) is 6.07 Å². The van der Waals surface area contributed by atoms with E-state index in [4.69, 9.17) is 5.26 Å². The van der Waals surface area contributed by atoms with Crippen LogP contribution in [0.3, 0.4) is 0 Å². The van der Waals surface area contributed by atoms with Crippen LogP contribution < -0.4 is 4.90 Å². The largest absolute Gasteiger partial charge is 0.389 e. The quantitative estimate of drug-likeness (QED) is 0.936. The Morgan fingerprint density at radius 3 is 2.62 bits per heavy atom. The first-order chi connectivity index (χ1) is 10.0. The lowest BCUT2D eigenvalue weighted by Gasteiger charge is -2.24. The molecule has 0 saturated heterocycles. The van der Waals surface area contributed by atoms with Crippen molar-refractivity contribution in [3.05, 3.63) is 65.0 Å². The third-order valence-corrected chi connectivity index (χ3v) is 3.39. The summed E-state index contributed by atoms with van der Waals surface area (Å²) in [6.45, 7) is 2.03. The average molecular weight is 284 g/mol. The predicted molar refractivity (Wildman–Crippen MR) is 80.3 cm³/mol. The SMILES string of the molecule is CC(O)c1ccc(C#N)cc1N(C)Cc1ccccc1F. The molecule has 1 N–H and O–H groups in total. The number of benzene rings is 2. The van der Waals surface area contributed by atoms with Gasteiger partial charge in [-0.25, -0.2) is 4.39 Å². The van der Waals surface area contributed by atoms with Gasteiger partial charge < -0.3 is 10.0 Å². The van der Waals surface area contributed by atoms with Gasteiger partial charge in [0.1, 0.15) is 5.82 Å². The van der Waals surface area contributed by atoms with Crippen molar-refractivity contribution in [3.63, 3.8) is 0 Å². The Labute approximate surface area is 123 Å². The molecule has 0 aromatic heterocycles. The zero-order valence-electron chi connectivity index (χ0n) is 12.0. The first kappa shape index (κ1) is 15.0. The van der Waals surface area contributed by atoms with Crippen LogP contribution in [0.2, 0.25) is 0 Å². The summed E-state index contributed by atoms with van der Waals surface area (Å²) in [4.78, 5) is 1.83. The zero-order valence-corrected chi connectivity index (χ0v) is 12.0. The molecular weight excluding hydrogens is 267 g/mol. The maximum atomic E-state index is 13.7. The summed E-state index contributed by atoms with van der Waals surface area (Å²) in [7, 11) is 1.81. The smallest absolute Gasteiger partial charge is 0.128 e. The van der Waals surface area contributed by atoms with E-state index in [-0.39, 0.29) is 5.82 Å². The Hall–Kier alpha value is -2.38. The van der Waals surface area contributed by atoms with Gasteiger partial charge in [0.2, 0.25) is 0 Å². The van der Waals surface area contributed by atoms with Gasteiger partial charge in [0, 0.05) is 30.4 Å². The van der Waals surface area contributed by atoms with Gasteiger partial charge in [-0.1, -0.05) is 24.3 Å². The van der Waals surface area contributed by atoms with E-state index in [2.05, 4.69) is 6.07 Å². The van der Waals surface area contributed by atoms with Crippen LogP contribution in [0.5, 0.6) is 0 Å². The summed E-state index contributed by atoms with van der Waals surface area (Å²) >= 11 is 0. The van der Waals surface area contributed by atoms with Crippen LogP contribution in [0.4, 0.5) is 10.1 Å². The molecule has 0 aliphatic heterocycles. The molecule has 0 aliphatic rings. The Bertz CT molecular complexity index is 677. The second kappa shape index (κ2) is 6.38. The molecule has 0 spiro atoms. The maximum Gasteiger partial charge on any atom is 0.128 e. The molecule has 0 fully saturated rings. The molecule has 0 aliphatic carbocycles. The van der Waals surface area contributed by atoms with Crippen molar-refractivity contribution in [1.82, 2.24) is 0 Å². The molecule has 2 rings (SSSR count). The molecule has 4 heteroatoms. The number of anilines is 1. The topological polar surface area (TPSA) is 47.3 Å². The lowest BCUT2D eigenvalue weighted by molar-refractivity contribution is 0.199. The minimum Gasteiger partial charge on any atom is -0.389 e. The van der Waals surface area contributed by atoms with Gasteiger partial charge in [0.05, 0.1) is 17.7 Å². The molecule has 0 amide bonds. The van der Waals surface area contributed by atoms with Gasteiger partial charge >= 0.3 is 0 Å². The fraction of sp³-hybridized carbons (Fsp3) is 0.235. The molecule has 3 nitrogen and oxygen atoms in total. The molecule has 0 heterocycles. The predicted octanol–water partition coefficient (Wildman–Crippen LogP) is 3.39. The van der Waals surface area contributed by atoms with Crippen LogP contribution in [0, 0.1) is 17.1 Å². The standard InChI is InChI=1S/C17H17FN2O/c1-12(21)15-8-7-13(10-19)9-17(15)20(2)11-14-5-3-4-6-16(14)18/h3-9,12,21H,11H2,1-2H3. The van der Waals surface area contributed by atoms with Gasteiger partial charge in [-0.15, -0.1) is 0 Å². The molecule has 2 aromatic carbocycles. The first-order valence-corrected chi connectivity index (χ1v) is 6.69. The lowest BCUT2D eigenvalue weighted by Crippen LogP contribution is -2.19. The van der Waals surface area contributed by atoms with E-state index in [1.165, 1.54) is 6.07 Å². The fourth-order valence-electron chi connectivity index (χ4n) is 2.26. The Morgan fingerprint density at radius 2 is 2.00 bits per heavy atom. The minimum absolute atomic E-state index is 0.264. The highest BCUT2D eigenvalue weighted by atomic mass is 19.1. The second-order valence-electron chi connectivity index (χ2n) is 5.01. The number of nitrogens with zero attached hydrogens (tertiary/aromatic N) is 2. The van der Waals surface area contributed by atoms with Crippen LogP contribution in [0.15, 0.2) is 42.5 Å². The van der Waals surface area contributed by atoms with Gasteiger partial charge in [-0.3, -0.25) is 0 Å². The third kappa shape index (κ3) is 3.39. The fourth-order valence-corrected chi connectivity index (χ4v) is 2.26. The van der Waals surface area contributed by atoms with Crippen molar-refractivity contribution in [2.75, 3.05) is 11.9 Å². The highest BCUT2D eigenvalue weighted by Gasteiger charge is 2.14. The number of halogens is 1. The van der Waals surface area contributed by atoms with Crippen molar-refractivity contribution in [1.29, 1.82) is 5.26 Å². The number of nitriles is 1. The second-order valence-corrected chi connectivity index (χ2v) is 5.01. The molecular formula is C17H17FN2O. The van der Waals surface area contributed by atoms with Gasteiger partial charge in [0.15, 0.2) is 0 Å². The summed E-state index contributed by atoms with van der Waals surface area (Å²) in [6, 6.07) is 13.8. The Morgan fingerprint density at radius 1 is 1.29 bits per heavy atom. The van der Waals surface area contributed by atoms with E-state index in [0.717, 1.165) is 5.69 Å². The van der Waals surface area contributed by atoms with Crippen molar-refractivity contribution < 1.29 is 9.50 Å². The summed E-state index contributed by atoms with van der Waals surface area (Å²) in [5.41, 5.74) is 2.52. The van der Waals surface area contributed by atoms with Crippen LogP contribution in [0.1, 0.15) is 29.7 Å². The number of hydrogen-bond donors (Lipinski definition) is 1. The number of hydrogen-bond acceptors (Lipinski definition) is 3. The summed E-state index contributed by atoms with van der Waals surface area (Å²) < 4.78 is 13.7. The highest BCUT2D eigenvalue weighted by molar-refractivity contribution is 5.58. The van der Waals surface area contributed by atoms with E-state index in [9.17, 15) is 9.50 Å². The first-order valence-electron chi connectivity index (χ1n) is 6.69. The lowest BCUT2D eigenvalue weighted by atomic mass is 10.0. The number of rotatable bonds is 4. The third-order valence-electron chi connectivity index (χ3n) is 3.39. The highest BCUT2D eigenvalue weighted by Crippen LogP contribution is 2.28. The van der Waals surface area contributed by atoms with Crippen LogP contribution in [0.25, 0.3) is 0 Å². The Kier molecular flexibility index (Phi) is 4.56. The summed E-state index contributed by atoms with van der Waals surface area (Å²) in [6.07, 6.45) is -0.657. The molecule has 0 saturated carbocycles. The normalized spacial score (nSPS) is 11.8. The molecule has 0 bridgehead atoms. The molecule has 2 aromatic rings. The van der Waals surface area contributed by atoms with E-state index >= 15 is 0 Å². The van der Waals surface area contributed by atoms with E-state index in [1.54, 1.807) is 43.3 Å². The maximum absolute atomic E-state index is 13.7. The number of aliphatic hydroxyl groups is 1. The minimum atomic E-state index is -0.657. The summed E-state index contributed by atoms with van der Waals surface area (Å²) in [5.74, 6) is -0.264. The van der Waals surface area contributed by atoms with Crippen molar-refractivity contribution in [2.24, 2.45) is 0 Å². The van der Waals surface area contributed by atoms with Gasteiger partial charge in [0.25, 0.3) is 0 Å². The van der Waals surface area contributed by atoms with E-state index in [0.29, 0.717) is 23.2 Å². The molecule has 21 heavy (non-hydrogen) atoms.